The van der Waals surface area contributed by atoms with Crippen molar-refractivity contribution in [1.82, 2.24) is 0 Å². The second kappa shape index (κ2) is 12.5. The summed E-state index contributed by atoms with van der Waals surface area (Å²) in [6.45, 7) is 0. The van der Waals surface area contributed by atoms with E-state index in [9.17, 15) is 114 Å². The molecule has 0 spiro atoms. The van der Waals surface area contributed by atoms with E-state index in [4.69, 9.17) is 0 Å². The van der Waals surface area contributed by atoms with Crippen LogP contribution < -0.4 is 0 Å². The van der Waals surface area contributed by atoms with E-state index in [1.54, 1.807) is 0 Å². The van der Waals surface area contributed by atoms with Gasteiger partial charge in [0.2, 0.25) is 0 Å². The topological polar surface area (TPSA) is 18.5 Å². The largest absolute Gasteiger partial charge is 0.460 e. The zero-order chi connectivity index (χ0) is 40.6. The van der Waals surface area contributed by atoms with Crippen LogP contribution in [0.25, 0.3) is 0 Å². The first-order chi connectivity index (χ1) is 21.6. The van der Waals surface area contributed by atoms with Gasteiger partial charge in [0.1, 0.15) is 0 Å². The molecule has 50 heavy (non-hydrogen) atoms. The Balaban J connectivity index is 3.75. The molecule has 0 N–H and O–H groups in total. The second-order valence-electron chi connectivity index (χ2n) is 9.73. The maximum Gasteiger partial charge on any atom is 0.460 e. The number of ether oxygens (including phenoxy) is 2. The first-order valence-corrected chi connectivity index (χ1v) is 11.7. The van der Waals surface area contributed by atoms with Gasteiger partial charge in [-0.05, 0) is 11.1 Å². The molecule has 1 aromatic carbocycles. The summed E-state index contributed by atoms with van der Waals surface area (Å²) in [5.74, 6) is -79.9. The maximum absolute atomic E-state index is 14.6. The molecular weight excluding hydrogens is 790 g/mol. The van der Waals surface area contributed by atoms with Gasteiger partial charge in [0, 0.05) is 14.2 Å². The Labute approximate surface area is 258 Å². The quantitative estimate of drug-likeness (QED) is 0.175. The molecule has 1 rings (SSSR count). The van der Waals surface area contributed by atoms with Gasteiger partial charge < -0.3 is 9.47 Å². The van der Waals surface area contributed by atoms with Crippen molar-refractivity contribution >= 4 is 0 Å². The summed E-state index contributed by atoms with van der Waals surface area (Å²) in [6.07, 6.45) is -24.1. The fourth-order valence-corrected chi connectivity index (χ4v) is 3.73. The van der Waals surface area contributed by atoms with Gasteiger partial charge in [0.05, 0.1) is 0 Å². The smallest absolute Gasteiger partial charge is 0.370 e. The highest BCUT2D eigenvalue weighted by Gasteiger charge is 2.93. The average Bonchev–Trinajstić information content (AvgIpc) is 2.92. The predicted molar refractivity (Wildman–Crippen MR) is 108 cm³/mol. The number of methoxy groups -OCH3 is 2. The third kappa shape index (κ3) is 6.05. The van der Waals surface area contributed by atoms with Crippen molar-refractivity contribution in [2.24, 2.45) is 0 Å². The maximum atomic E-state index is 14.6. The summed E-state index contributed by atoms with van der Waals surface area (Å²) in [5, 5.41) is 0. The van der Waals surface area contributed by atoms with Crippen molar-refractivity contribution in [3.63, 3.8) is 0 Å². The molecule has 0 aliphatic heterocycles. The van der Waals surface area contributed by atoms with E-state index in [2.05, 4.69) is 9.47 Å². The first-order valence-electron chi connectivity index (χ1n) is 11.7. The molecular formula is C22H12F26O2. The van der Waals surface area contributed by atoms with Gasteiger partial charge in [-0.25, -0.2) is 0 Å². The zero-order valence-corrected chi connectivity index (χ0v) is 23.1. The molecule has 0 amide bonds. The summed E-state index contributed by atoms with van der Waals surface area (Å²) in [6, 6.07) is -1.78. The minimum absolute atomic E-state index is 0.200. The molecule has 294 valence electrons. The molecule has 0 radical (unpaired) electrons. The highest BCUT2D eigenvalue weighted by Crippen LogP contribution is 2.64. The normalized spacial score (nSPS) is 17.2. The molecule has 2 nitrogen and oxygen atoms in total. The zero-order valence-electron chi connectivity index (χ0n) is 23.1. The summed E-state index contributed by atoms with van der Waals surface area (Å²) < 4.78 is 358. The minimum Gasteiger partial charge on any atom is -0.370 e. The van der Waals surface area contributed by atoms with Crippen LogP contribution in [0.15, 0.2) is 24.3 Å². The van der Waals surface area contributed by atoms with Crippen molar-refractivity contribution in [3.8, 4) is 0 Å². The van der Waals surface area contributed by atoms with Gasteiger partial charge in [0.15, 0.2) is 12.2 Å². The Morgan fingerprint density at radius 2 is 0.500 bits per heavy atom. The number of alkyl halides is 26. The molecule has 0 bridgehead atoms. The van der Waals surface area contributed by atoms with Crippen LogP contribution in [0.4, 0.5) is 114 Å². The van der Waals surface area contributed by atoms with Crippen LogP contribution in [-0.4, -0.2) is 85.8 Å². The minimum atomic E-state index is -8.38. The fraction of sp³-hybridized carbons (Fsp3) is 0.727. The Morgan fingerprint density at radius 3 is 0.660 bits per heavy atom. The molecule has 0 saturated heterocycles. The monoisotopic (exact) mass is 802 g/mol. The Morgan fingerprint density at radius 1 is 0.320 bits per heavy atom. The first kappa shape index (κ1) is 45.3. The Bertz CT molecular complexity index is 1220. The predicted octanol–water partition coefficient (Wildman–Crippen LogP) is 10.5. The van der Waals surface area contributed by atoms with Crippen LogP contribution >= 0.6 is 0 Å². The van der Waals surface area contributed by atoms with E-state index in [0.717, 1.165) is 0 Å². The van der Waals surface area contributed by atoms with Crippen molar-refractivity contribution in [2.45, 2.75) is 83.8 Å². The van der Waals surface area contributed by atoms with Crippen LogP contribution in [0, 0.1) is 0 Å². The van der Waals surface area contributed by atoms with Gasteiger partial charge in [-0.1, -0.05) is 24.3 Å². The van der Waals surface area contributed by atoms with Crippen LogP contribution in [0.5, 0.6) is 0 Å². The molecule has 2 atom stereocenters. The van der Waals surface area contributed by atoms with E-state index in [1.807, 2.05) is 0 Å². The van der Waals surface area contributed by atoms with Gasteiger partial charge in [-0.15, -0.1) is 0 Å². The SMILES string of the molecule is COC(c1ccc(C(OC)C(F)(F)C(F)(F)C(F)(F)C(F)(F)C(F)(F)C(F)(F)F)cc1)C(F)(F)C(F)(F)C(F)(F)C(F)(F)C(F)(F)C(F)(F)F. The van der Waals surface area contributed by atoms with Gasteiger partial charge in [-0.3, -0.25) is 0 Å². The third-order valence-electron chi connectivity index (χ3n) is 6.59. The third-order valence-corrected chi connectivity index (χ3v) is 6.59. The summed E-state index contributed by atoms with van der Waals surface area (Å²) in [5.41, 5.74) is -3.84. The van der Waals surface area contributed by atoms with Crippen LogP contribution in [0.2, 0.25) is 0 Å². The van der Waals surface area contributed by atoms with Gasteiger partial charge in [-0.2, -0.15) is 114 Å². The lowest BCUT2D eigenvalue weighted by molar-refractivity contribution is -0.445. The lowest BCUT2D eigenvalue weighted by Gasteiger charge is -2.42. The van der Waals surface area contributed by atoms with E-state index in [-0.39, 0.29) is 14.2 Å². The highest BCUT2D eigenvalue weighted by atomic mass is 19.4. The van der Waals surface area contributed by atoms with Crippen molar-refractivity contribution < 1.29 is 124 Å². The van der Waals surface area contributed by atoms with Gasteiger partial charge >= 0.3 is 71.6 Å². The molecule has 1 aromatic rings. The average molecular weight is 802 g/mol. The van der Waals surface area contributed by atoms with Crippen molar-refractivity contribution in [2.75, 3.05) is 14.2 Å². The molecule has 0 saturated carbocycles. The molecule has 28 heteroatoms. The van der Waals surface area contributed by atoms with Crippen LogP contribution in [0.1, 0.15) is 23.3 Å². The molecule has 0 aliphatic rings. The lowest BCUT2D eigenvalue weighted by atomic mass is 9.87. The second-order valence-corrected chi connectivity index (χ2v) is 9.73. The Kier molecular flexibility index (Phi) is 11.3. The van der Waals surface area contributed by atoms with Crippen LogP contribution in [-0.2, 0) is 9.47 Å². The summed E-state index contributed by atoms with van der Waals surface area (Å²) in [7, 11) is -0.399. The number of hydrogen-bond acceptors (Lipinski definition) is 2. The number of hydrogen-bond donors (Lipinski definition) is 0. The molecule has 2 unspecified atom stereocenters. The molecule has 0 aliphatic carbocycles. The number of halogens is 26. The number of benzene rings is 1. The molecule has 0 fully saturated rings. The summed E-state index contributed by atoms with van der Waals surface area (Å²) in [4.78, 5) is 0. The fourth-order valence-electron chi connectivity index (χ4n) is 3.73. The van der Waals surface area contributed by atoms with Crippen molar-refractivity contribution in [1.29, 1.82) is 0 Å². The number of rotatable bonds is 14. The van der Waals surface area contributed by atoms with Crippen LogP contribution in [0.3, 0.4) is 0 Å². The van der Waals surface area contributed by atoms with E-state index < -0.39 is 119 Å². The van der Waals surface area contributed by atoms with E-state index in [0.29, 0.717) is 0 Å². The van der Waals surface area contributed by atoms with Crippen molar-refractivity contribution in [3.05, 3.63) is 35.4 Å². The van der Waals surface area contributed by atoms with Gasteiger partial charge in [0.25, 0.3) is 0 Å². The Hall–Kier alpha value is -2.68. The molecule has 0 aromatic heterocycles. The lowest BCUT2D eigenvalue weighted by Crippen LogP contribution is -2.70. The standard InChI is InChI=1S/C22H12F26O2/c1-49-9(11(23,24)13(27,28)15(31,32)17(35,36)19(39,40)21(43,44)45)7-3-5-8(6-4-7)10(50-2)12(25,26)14(29,30)16(33,34)18(37,38)20(41,42)22(46,47)48/h3-6,9-10H,1-2H3. The van der Waals surface area contributed by atoms with E-state index >= 15 is 0 Å². The molecule has 0 heterocycles. The highest BCUT2D eigenvalue weighted by molar-refractivity contribution is 5.30. The van der Waals surface area contributed by atoms with E-state index in [1.165, 1.54) is 0 Å². The summed E-state index contributed by atoms with van der Waals surface area (Å²) >= 11 is 0.